The van der Waals surface area contributed by atoms with Gasteiger partial charge in [0, 0.05) is 0 Å². The summed E-state index contributed by atoms with van der Waals surface area (Å²) in [5.41, 5.74) is -1.36. The molecule has 0 aliphatic carbocycles. The fourth-order valence-electron chi connectivity index (χ4n) is 1.47. The Morgan fingerprint density at radius 1 is 1.33 bits per heavy atom. The van der Waals surface area contributed by atoms with E-state index < -0.39 is 17.4 Å². The summed E-state index contributed by atoms with van der Waals surface area (Å²) >= 11 is 5.90. The molecule has 0 aliphatic rings. The summed E-state index contributed by atoms with van der Waals surface area (Å²) in [5.74, 6) is -2.32. The minimum atomic E-state index is -1.88. The van der Waals surface area contributed by atoms with E-state index in [9.17, 15) is 9.59 Å². The summed E-state index contributed by atoms with van der Waals surface area (Å²) in [6.07, 6.45) is -0.151. The SMILES string of the molecule is COc1ccc(CC(C)(C(=O)O)C(=O)O)cc1Cl. The number of benzene rings is 1. The first kappa shape index (κ1) is 14.3. The molecule has 0 aliphatic heterocycles. The minimum Gasteiger partial charge on any atom is -0.495 e. The van der Waals surface area contributed by atoms with Crippen molar-refractivity contribution >= 4 is 23.5 Å². The zero-order chi connectivity index (χ0) is 13.9. The highest BCUT2D eigenvalue weighted by Gasteiger charge is 2.41. The lowest BCUT2D eigenvalue weighted by Crippen LogP contribution is -2.38. The van der Waals surface area contributed by atoms with Crippen LogP contribution in [0.3, 0.4) is 0 Å². The van der Waals surface area contributed by atoms with Gasteiger partial charge in [-0.15, -0.1) is 0 Å². The number of methoxy groups -OCH3 is 1. The van der Waals surface area contributed by atoms with Crippen LogP contribution in [0.15, 0.2) is 18.2 Å². The Kier molecular flexibility index (Phi) is 4.19. The zero-order valence-electron chi connectivity index (χ0n) is 9.94. The van der Waals surface area contributed by atoms with E-state index in [0.717, 1.165) is 6.92 Å². The Hall–Kier alpha value is -1.75. The van der Waals surface area contributed by atoms with Crippen molar-refractivity contribution in [3.63, 3.8) is 0 Å². The molecular weight excluding hydrogens is 260 g/mol. The van der Waals surface area contributed by atoms with E-state index in [1.807, 2.05) is 0 Å². The smallest absolute Gasteiger partial charge is 0.321 e. The van der Waals surface area contributed by atoms with Crippen molar-refractivity contribution in [1.82, 2.24) is 0 Å². The molecule has 98 valence electrons. The van der Waals surface area contributed by atoms with Gasteiger partial charge >= 0.3 is 11.9 Å². The maximum absolute atomic E-state index is 11.0. The topological polar surface area (TPSA) is 83.8 Å². The highest BCUT2D eigenvalue weighted by Crippen LogP contribution is 2.29. The molecular formula is C12H13ClO5. The summed E-state index contributed by atoms with van der Waals surface area (Å²) in [4.78, 5) is 22.1. The van der Waals surface area contributed by atoms with Crippen molar-refractivity contribution in [1.29, 1.82) is 0 Å². The van der Waals surface area contributed by atoms with Crippen molar-refractivity contribution < 1.29 is 24.5 Å². The molecule has 1 aromatic rings. The van der Waals surface area contributed by atoms with Crippen LogP contribution in [0, 0.1) is 5.41 Å². The second-order valence-corrected chi connectivity index (χ2v) is 4.50. The van der Waals surface area contributed by atoms with E-state index in [1.165, 1.54) is 13.2 Å². The first-order chi connectivity index (χ1) is 8.31. The second kappa shape index (κ2) is 5.27. The Morgan fingerprint density at radius 3 is 2.28 bits per heavy atom. The van der Waals surface area contributed by atoms with Gasteiger partial charge in [-0.3, -0.25) is 9.59 Å². The third kappa shape index (κ3) is 2.73. The summed E-state index contributed by atoms with van der Waals surface area (Å²) < 4.78 is 4.96. The molecule has 0 aromatic heterocycles. The number of aliphatic carboxylic acids is 2. The molecule has 2 N–H and O–H groups in total. The van der Waals surface area contributed by atoms with E-state index in [2.05, 4.69) is 0 Å². The molecule has 1 rings (SSSR count). The van der Waals surface area contributed by atoms with Crippen molar-refractivity contribution in [3.05, 3.63) is 28.8 Å². The van der Waals surface area contributed by atoms with Crippen molar-refractivity contribution in [2.24, 2.45) is 5.41 Å². The average Bonchev–Trinajstić information content (AvgIpc) is 2.28. The maximum Gasteiger partial charge on any atom is 0.321 e. The van der Waals surface area contributed by atoms with Crippen LogP contribution in [-0.2, 0) is 16.0 Å². The number of hydrogen-bond donors (Lipinski definition) is 2. The first-order valence-corrected chi connectivity index (χ1v) is 5.48. The van der Waals surface area contributed by atoms with E-state index >= 15 is 0 Å². The molecule has 0 saturated carbocycles. The Morgan fingerprint density at radius 2 is 1.89 bits per heavy atom. The number of rotatable bonds is 5. The van der Waals surface area contributed by atoms with Crippen LogP contribution in [0.5, 0.6) is 5.75 Å². The number of hydrogen-bond acceptors (Lipinski definition) is 3. The fraction of sp³-hybridized carbons (Fsp3) is 0.333. The molecule has 6 heteroatoms. The Balaban J connectivity index is 3.06. The Labute approximate surface area is 109 Å². The lowest BCUT2D eigenvalue weighted by atomic mass is 9.84. The normalized spacial score (nSPS) is 11.1. The van der Waals surface area contributed by atoms with Crippen LogP contribution in [0.2, 0.25) is 5.02 Å². The molecule has 0 spiro atoms. The number of ether oxygens (including phenoxy) is 1. The van der Waals surface area contributed by atoms with Crippen molar-refractivity contribution in [2.75, 3.05) is 7.11 Å². The van der Waals surface area contributed by atoms with E-state index in [-0.39, 0.29) is 6.42 Å². The molecule has 5 nitrogen and oxygen atoms in total. The molecule has 0 unspecified atom stereocenters. The molecule has 0 heterocycles. The van der Waals surface area contributed by atoms with E-state index in [4.69, 9.17) is 26.6 Å². The summed E-state index contributed by atoms with van der Waals surface area (Å²) in [6, 6.07) is 4.67. The van der Waals surface area contributed by atoms with Crippen molar-refractivity contribution in [3.8, 4) is 5.75 Å². The van der Waals surface area contributed by atoms with Gasteiger partial charge in [0.1, 0.15) is 5.75 Å². The molecule has 0 radical (unpaired) electrons. The molecule has 0 fully saturated rings. The number of carboxylic acids is 2. The average molecular weight is 273 g/mol. The molecule has 0 amide bonds. The van der Waals surface area contributed by atoms with Gasteiger partial charge in [-0.25, -0.2) is 0 Å². The largest absolute Gasteiger partial charge is 0.495 e. The van der Waals surface area contributed by atoms with Gasteiger partial charge < -0.3 is 14.9 Å². The van der Waals surface area contributed by atoms with Gasteiger partial charge in [0.2, 0.25) is 0 Å². The number of carbonyl (C=O) groups is 2. The van der Waals surface area contributed by atoms with Gasteiger partial charge in [0.25, 0.3) is 0 Å². The van der Waals surface area contributed by atoms with Crippen LogP contribution in [0.25, 0.3) is 0 Å². The van der Waals surface area contributed by atoms with Crippen LogP contribution in [0.4, 0.5) is 0 Å². The lowest BCUT2D eigenvalue weighted by molar-refractivity contribution is -0.163. The van der Waals surface area contributed by atoms with Gasteiger partial charge in [-0.2, -0.15) is 0 Å². The van der Waals surface area contributed by atoms with Crippen LogP contribution in [0.1, 0.15) is 12.5 Å². The van der Waals surface area contributed by atoms with Gasteiger partial charge in [0.15, 0.2) is 5.41 Å². The first-order valence-electron chi connectivity index (χ1n) is 5.10. The van der Waals surface area contributed by atoms with Crippen LogP contribution in [-0.4, -0.2) is 29.3 Å². The van der Waals surface area contributed by atoms with E-state index in [0.29, 0.717) is 16.3 Å². The van der Waals surface area contributed by atoms with Gasteiger partial charge in [0.05, 0.1) is 12.1 Å². The van der Waals surface area contributed by atoms with Gasteiger partial charge in [-0.05, 0) is 31.0 Å². The quantitative estimate of drug-likeness (QED) is 0.802. The predicted octanol–water partition coefficient (Wildman–Crippen LogP) is 2.07. The molecule has 0 saturated heterocycles. The summed E-state index contributed by atoms with van der Waals surface area (Å²) in [5, 5.41) is 18.3. The zero-order valence-corrected chi connectivity index (χ0v) is 10.7. The lowest BCUT2D eigenvalue weighted by Gasteiger charge is -2.19. The highest BCUT2D eigenvalue weighted by molar-refractivity contribution is 6.32. The van der Waals surface area contributed by atoms with E-state index in [1.54, 1.807) is 12.1 Å². The number of carboxylic acid groups (broad SMARTS) is 2. The maximum atomic E-state index is 11.0. The monoisotopic (exact) mass is 272 g/mol. The highest BCUT2D eigenvalue weighted by atomic mass is 35.5. The van der Waals surface area contributed by atoms with Gasteiger partial charge in [-0.1, -0.05) is 17.7 Å². The number of halogens is 1. The third-order valence-corrected chi connectivity index (χ3v) is 3.01. The summed E-state index contributed by atoms with van der Waals surface area (Å²) in [6.45, 7) is 1.16. The van der Waals surface area contributed by atoms with Crippen LogP contribution >= 0.6 is 11.6 Å². The molecule has 0 bridgehead atoms. The minimum absolute atomic E-state index is 0.151. The molecule has 0 atom stereocenters. The molecule has 1 aromatic carbocycles. The van der Waals surface area contributed by atoms with Crippen molar-refractivity contribution in [2.45, 2.75) is 13.3 Å². The second-order valence-electron chi connectivity index (χ2n) is 4.09. The molecule has 18 heavy (non-hydrogen) atoms. The fourth-order valence-corrected chi connectivity index (χ4v) is 1.75. The third-order valence-electron chi connectivity index (χ3n) is 2.72. The summed E-state index contributed by atoms with van der Waals surface area (Å²) in [7, 11) is 1.46. The Bertz CT molecular complexity index is 469. The van der Waals surface area contributed by atoms with Crippen LogP contribution < -0.4 is 4.74 Å². The predicted molar refractivity (Wildman–Crippen MR) is 65.1 cm³/mol. The standard InChI is InChI=1S/C12H13ClO5/c1-12(10(14)15,11(16)17)6-7-3-4-9(18-2)8(13)5-7/h3-5H,6H2,1-2H3,(H,14,15)(H,16,17).